The van der Waals surface area contributed by atoms with E-state index in [1.54, 1.807) is 4.68 Å². The quantitative estimate of drug-likeness (QED) is 0.450. The van der Waals surface area contributed by atoms with Crippen LogP contribution in [0.3, 0.4) is 0 Å². The number of hydrogen-bond donors (Lipinski definition) is 1. The van der Waals surface area contributed by atoms with Crippen molar-refractivity contribution in [3.63, 3.8) is 0 Å². The van der Waals surface area contributed by atoms with Crippen LogP contribution in [0.15, 0.2) is 48.5 Å². The van der Waals surface area contributed by atoms with Crippen molar-refractivity contribution in [1.29, 1.82) is 0 Å². The van der Waals surface area contributed by atoms with E-state index in [0.29, 0.717) is 30.3 Å². The first kappa shape index (κ1) is 23.7. The van der Waals surface area contributed by atoms with Gasteiger partial charge in [0.2, 0.25) is 5.88 Å². The van der Waals surface area contributed by atoms with Crippen LogP contribution in [0.2, 0.25) is 0 Å². The highest BCUT2D eigenvalue weighted by atomic mass is 16.5. The molecule has 180 valence electrons. The van der Waals surface area contributed by atoms with Crippen LogP contribution in [0, 0.1) is 6.92 Å². The summed E-state index contributed by atoms with van der Waals surface area (Å²) in [7, 11) is 1.82. The zero-order chi connectivity index (χ0) is 23.9. The van der Waals surface area contributed by atoms with Crippen LogP contribution < -0.4 is 19.5 Å². The second kappa shape index (κ2) is 11.1. The molecule has 0 bridgehead atoms. The van der Waals surface area contributed by atoms with Crippen LogP contribution in [0.25, 0.3) is 0 Å². The Balaban J connectivity index is 1.35. The molecular formula is C27H33N3O4. The lowest BCUT2D eigenvalue weighted by atomic mass is 9.98. The van der Waals surface area contributed by atoms with Gasteiger partial charge in [0.05, 0.1) is 12.3 Å². The Morgan fingerprint density at radius 3 is 2.26 bits per heavy atom. The molecule has 0 unspecified atom stereocenters. The Morgan fingerprint density at radius 1 is 1.00 bits per heavy atom. The summed E-state index contributed by atoms with van der Waals surface area (Å²) in [5, 5.41) is 7.43. The van der Waals surface area contributed by atoms with Gasteiger partial charge in [0, 0.05) is 13.6 Å². The summed E-state index contributed by atoms with van der Waals surface area (Å²) in [5.41, 5.74) is 2.16. The normalized spacial score (nSPS) is 14.0. The number of ether oxygens (including phenoxy) is 3. The van der Waals surface area contributed by atoms with E-state index in [-0.39, 0.29) is 12.0 Å². The number of carbonyl (C=O) groups excluding carboxylic acids is 1. The third-order valence-electron chi connectivity index (χ3n) is 5.97. The summed E-state index contributed by atoms with van der Waals surface area (Å²) < 4.78 is 19.2. The van der Waals surface area contributed by atoms with Gasteiger partial charge in [-0.3, -0.25) is 4.79 Å². The maximum Gasteiger partial charge on any atom is 0.258 e. The number of aryl methyl sites for hydroxylation is 2. The van der Waals surface area contributed by atoms with Gasteiger partial charge in [0.1, 0.15) is 28.9 Å². The second-order valence-corrected chi connectivity index (χ2v) is 8.60. The largest absolute Gasteiger partial charge is 0.494 e. The summed E-state index contributed by atoms with van der Waals surface area (Å²) in [5.74, 6) is 2.66. The molecule has 1 saturated carbocycles. The molecule has 1 amide bonds. The number of amides is 1. The van der Waals surface area contributed by atoms with Crippen molar-refractivity contribution in [2.24, 2.45) is 7.05 Å². The zero-order valence-corrected chi connectivity index (χ0v) is 20.2. The van der Waals surface area contributed by atoms with E-state index >= 15 is 0 Å². The molecular weight excluding hydrogens is 430 g/mol. The number of nitrogens with zero attached hydrogens (tertiary/aromatic N) is 2. The first-order chi connectivity index (χ1) is 16.5. The van der Waals surface area contributed by atoms with Crippen LogP contribution >= 0.6 is 0 Å². The SMILES string of the molecule is CCOc1ccc(Oc2ccc(CNC(=O)c3c(C)nn(C)c3OC3CCCCC3)cc2)cc1. The Kier molecular flexibility index (Phi) is 7.72. The van der Waals surface area contributed by atoms with Crippen LogP contribution in [-0.2, 0) is 13.6 Å². The summed E-state index contributed by atoms with van der Waals surface area (Å²) in [6, 6.07) is 15.2. The molecule has 1 aliphatic carbocycles. The monoisotopic (exact) mass is 463 g/mol. The van der Waals surface area contributed by atoms with E-state index in [1.807, 2.05) is 69.4 Å². The lowest BCUT2D eigenvalue weighted by Crippen LogP contribution is -2.26. The van der Waals surface area contributed by atoms with Gasteiger partial charge < -0.3 is 19.5 Å². The highest BCUT2D eigenvalue weighted by Crippen LogP contribution is 2.28. The van der Waals surface area contributed by atoms with Gasteiger partial charge in [0.15, 0.2) is 0 Å². The number of aromatic nitrogens is 2. The molecule has 1 heterocycles. The minimum absolute atomic E-state index is 0.151. The molecule has 1 aliphatic rings. The fourth-order valence-electron chi connectivity index (χ4n) is 4.23. The van der Waals surface area contributed by atoms with E-state index in [2.05, 4.69) is 10.4 Å². The Hall–Kier alpha value is -3.48. The van der Waals surface area contributed by atoms with Gasteiger partial charge in [-0.05, 0) is 81.5 Å². The standard InChI is InChI=1S/C27H33N3O4/c1-4-32-21-14-16-24(17-15-21)33-23-12-10-20(11-13-23)18-28-26(31)25-19(2)29-30(3)27(25)34-22-8-6-5-7-9-22/h10-17,22H,4-9,18H2,1-3H3,(H,28,31). The van der Waals surface area contributed by atoms with E-state index in [1.165, 1.54) is 19.3 Å². The summed E-state index contributed by atoms with van der Waals surface area (Å²) in [6.45, 7) is 4.83. The topological polar surface area (TPSA) is 74.6 Å². The predicted octanol–water partition coefficient (Wildman–Crippen LogP) is 5.56. The Morgan fingerprint density at radius 2 is 1.62 bits per heavy atom. The van der Waals surface area contributed by atoms with Crippen LogP contribution in [-0.4, -0.2) is 28.4 Å². The molecule has 34 heavy (non-hydrogen) atoms. The molecule has 4 rings (SSSR count). The van der Waals surface area contributed by atoms with Gasteiger partial charge >= 0.3 is 0 Å². The van der Waals surface area contributed by atoms with Crippen molar-refractivity contribution in [3.8, 4) is 23.1 Å². The molecule has 7 nitrogen and oxygen atoms in total. The molecule has 0 radical (unpaired) electrons. The maximum absolute atomic E-state index is 13.0. The molecule has 0 atom stereocenters. The Bertz CT molecular complexity index is 1080. The van der Waals surface area contributed by atoms with Crippen LogP contribution in [0.5, 0.6) is 23.1 Å². The van der Waals surface area contributed by atoms with E-state index < -0.39 is 0 Å². The van der Waals surface area contributed by atoms with Gasteiger partial charge in [-0.25, -0.2) is 4.68 Å². The van der Waals surface area contributed by atoms with Gasteiger partial charge in [-0.1, -0.05) is 18.6 Å². The lowest BCUT2D eigenvalue weighted by molar-refractivity contribution is 0.0935. The molecule has 1 N–H and O–H groups in total. The van der Waals surface area contributed by atoms with Gasteiger partial charge in [0.25, 0.3) is 5.91 Å². The molecule has 0 saturated heterocycles. The highest BCUT2D eigenvalue weighted by molar-refractivity contribution is 5.97. The molecule has 3 aromatic rings. The van der Waals surface area contributed by atoms with Crippen LogP contribution in [0.4, 0.5) is 0 Å². The third-order valence-corrected chi connectivity index (χ3v) is 5.97. The van der Waals surface area contributed by atoms with E-state index in [4.69, 9.17) is 14.2 Å². The van der Waals surface area contributed by atoms with Crippen molar-refractivity contribution in [2.45, 2.75) is 58.6 Å². The predicted molar refractivity (Wildman–Crippen MR) is 131 cm³/mol. The fourth-order valence-corrected chi connectivity index (χ4v) is 4.23. The van der Waals surface area contributed by atoms with Crippen molar-refractivity contribution >= 4 is 5.91 Å². The summed E-state index contributed by atoms with van der Waals surface area (Å²) in [6.07, 6.45) is 5.79. The molecule has 2 aromatic carbocycles. The van der Waals surface area contributed by atoms with Gasteiger partial charge in [-0.15, -0.1) is 0 Å². The fraction of sp³-hybridized carbons (Fsp3) is 0.407. The summed E-state index contributed by atoms with van der Waals surface area (Å²) in [4.78, 5) is 13.0. The van der Waals surface area contributed by atoms with Crippen molar-refractivity contribution < 1.29 is 19.0 Å². The zero-order valence-electron chi connectivity index (χ0n) is 20.2. The average molecular weight is 464 g/mol. The summed E-state index contributed by atoms with van der Waals surface area (Å²) >= 11 is 0. The van der Waals surface area contributed by atoms with Crippen molar-refractivity contribution in [2.75, 3.05) is 6.61 Å². The number of nitrogens with one attached hydrogen (secondary N) is 1. The lowest BCUT2D eigenvalue weighted by Gasteiger charge is -2.23. The van der Waals surface area contributed by atoms with Crippen molar-refractivity contribution in [1.82, 2.24) is 15.1 Å². The molecule has 1 aromatic heterocycles. The third kappa shape index (κ3) is 5.90. The average Bonchev–Trinajstić information content (AvgIpc) is 3.13. The smallest absolute Gasteiger partial charge is 0.258 e. The molecule has 7 heteroatoms. The number of benzene rings is 2. The first-order valence-electron chi connectivity index (χ1n) is 12.0. The van der Waals surface area contributed by atoms with Crippen molar-refractivity contribution in [3.05, 3.63) is 65.4 Å². The van der Waals surface area contributed by atoms with Crippen LogP contribution in [0.1, 0.15) is 60.6 Å². The molecule has 1 fully saturated rings. The minimum atomic E-state index is -0.175. The maximum atomic E-state index is 13.0. The first-order valence-corrected chi connectivity index (χ1v) is 12.0. The number of rotatable bonds is 9. The minimum Gasteiger partial charge on any atom is -0.494 e. The number of carbonyl (C=O) groups is 1. The molecule has 0 aliphatic heterocycles. The Labute approximate surface area is 201 Å². The van der Waals surface area contributed by atoms with E-state index in [0.717, 1.165) is 35.7 Å². The second-order valence-electron chi connectivity index (χ2n) is 8.60. The molecule has 0 spiro atoms. The van der Waals surface area contributed by atoms with E-state index in [9.17, 15) is 4.79 Å². The number of hydrogen-bond acceptors (Lipinski definition) is 5. The highest BCUT2D eigenvalue weighted by Gasteiger charge is 2.25. The van der Waals surface area contributed by atoms with Gasteiger partial charge in [-0.2, -0.15) is 5.10 Å².